The molecule has 0 aliphatic carbocycles. The van der Waals surface area contributed by atoms with Gasteiger partial charge < -0.3 is 21.7 Å². The Morgan fingerprint density at radius 1 is 1.16 bits per heavy atom. The number of rotatable bonds is 10. The van der Waals surface area contributed by atoms with E-state index in [1.54, 1.807) is 43.2 Å². The smallest absolute Gasteiger partial charge is 0.397 e. The SMILES string of the molecule is CNCCNCc1ccc(NC(=O)c2ccc(C)c(N(N)/C=C(\N)c3cnn(C)c3C)c2)cc1C(F)(F)F. The first-order valence-electron chi connectivity index (χ1n) is 11.9. The van der Waals surface area contributed by atoms with E-state index in [1.165, 1.54) is 23.3 Å². The molecule has 1 heterocycles. The Morgan fingerprint density at radius 2 is 1.89 bits per heavy atom. The fraction of sp³-hybridized carbons (Fsp3) is 0.308. The highest BCUT2D eigenvalue weighted by atomic mass is 19.4. The van der Waals surface area contributed by atoms with Crippen molar-refractivity contribution in [2.24, 2.45) is 18.6 Å². The van der Waals surface area contributed by atoms with E-state index < -0.39 is 17.6 Å². The van der Waals surface area contributed by atoms with Crippen molar-refractivity contribution in [1.82, 2.24) is 20.4 Å². The number of amides is 1. The molecule has 0 aliphatic heterocycles. The second-order valence-corrected chi connectivity index (χ2v) is 8.86. The molecule has 3 aromatic rings. The summed E-state index contributed by atoms with van der Waals surface area (Å²) in [5, 5.41) is 13.9. The van der Waals surface area contributed by atoms with Gasteiger partial charge in [-0.2, -0.15) is 18.3 Å². The number of carbonyl (C=O) groups is 1. The van der Waals surface area contributed by atoms with Gasteiger partial charge >= 0.3 is 6.18 Å². The van der Waals surface area contributed by atoms with Crippen LogP contribution in [0.3, 0.4) is 0 Å². The molecule has 0 aliphatic rings. The summed E-state index contributed by atoms with van der Waals surface area (Å²) in [7, 11) is 3.56. The minimum atomic E-state index is -4.57. The lowest BCUT2D eigenvalue weighted by Gasteiger charge is -2.19. The first kappa shape index (κ1) is 28.7. The number of hydrogen-bond acceptors (Lipinski definition) is 7. The lowest BCUT2D eigenvalue weighted by Crippen LogP contribution is -2.27. The Labute approximate surface area is 219 Å². The Morgan fingerprint density at radius 3 is 2.53 bits per heavy atom. The molecule has 204 valence electrons. The number of nitrogens with zero attached hydrogens (tertiary/aromatic N) is 3. The third-order valence-electron chi connectivity index (χ3n) is 6.11. The zero-order valence-corrected chi connectivity index (χ0v) is 21.8. The van der Waals surface area contributed by atoms with Crippen LogP contribution in [0.25, 0.3) is 5.70 Å². The van der Waals surface area contributed by atoms with Crippen LogP contribution in [-0.2, 0) is 19.8 Å². The van der Waals surface area contributed by atoms with Crippen molar-refractivity contribution in [3.8, 4) is 0 Å². The topological polar surface area (TPSA) is 126 Å². The van der Waals surface area contributed by atoms with Crippen molar-refractivity contribution in [1.29, 1.82) is 0 Å². The van der Waals surface area contributed by atoms with Crippen LogP contribution in [0.5, 0.6) is 0 Å². The van der Waals surface area contributed by atoms with Gasteiger partial charge in [0.05, 0.1) is 23.1 Å². The maximum Gasteiger partial charge on any atom is 0.416 e. The van der Waals surface area contributed by atoms with E-state index in [2.05, 4.69) is 21.0 Å². The average Bonchev–Trinajstić information content (AvgIpc) is 3.20. The second kappa shape index (κ2) is 12.1. The summed E-state index contributed by atoms with van der Waals surface area (Å²) in [4.78, 5) is 13.0. The Balaban J connectivity index is 1.81. The van der Waals surface area contributed by atoms with Gasteiger partial charge in [-0.1, -0.05) is 12.1 Å². The number of carbonyl (C=O) groups excluding carboxylic acids is 1. The van der Waals surface area contributed by atoms with Crippen LogP contribution < -0.4 is 32.5 Å². The van der Waals surface area contributed by atoms with Gasteiger partial charge in [-0.05, 0) is 56.3 Å². The van der Waals surface area contributed by atoms with E-state index in [0.29, 0.717) is 24.5 Å². The first-order chi connectivity index (χ1) is 17.9. The molecule has 1 amide bonds. The number of likely N-dealkylation sites (N-methyl/N-ethyl adjacent to an activating group) is 1. The number of halogens is 3. The summed E-state index contributed by atoms with van der Waals surface area (Å²) in [5.74, 6) is 5.66. The minimum absolute atomic E-state index is 0.0317. The van der Waals surface area contributed by atoms with Crippen molar-refractivity contribution in [2.75, 3.05) is 30.5 Å². The second-order valence-electron chi connectivity index (χ2n) is 8.86. The fourth-order valence-corrected chi connectivity index (χ4v) is 3.81. The lowest BCUT2D eigenvalue weighted by molar-refractivity contribution is -0.138. The number of aryl methyl sites for hydroxylation is 2. The molecule has 0 radical (unpaired) electrons. The van der Waals surface area contributed by atoms with Gasteiger partial charge in [0.25, 0.3) is 5.91 Å². The molecule has 0 atom stereocenters. The van der Waals surface area contributed by atoms with E-state index in [0.717, 1.165) is 22.9 Å². The number of nitrogens with one attached hydrogen (secondary N) is 3. The normalized spacial score (nSPS) is 12.1. The molecule has 0 saturated carbocycles. The summed E-state index contributed by atoms with van der Waals surface area (Å²) < 4.78 is 42.8. The van der Waals surface area contributed by atoms with Crippen molar-refractivity contribution in [2.45, 2.75) is 26.6 Å². The van der Waals surface area contributed by atoms with E-state index in [4.69, 9.17) is 11.6 Å². The Kier molecular flexibility index (Phi) is 9.15. The number of nitrogens with two attached hydrogens (primary N) is 2. The number of benzene rings is 2. The molecule has 3 rings (SSSR count). The van der Waals surface area contributed by atoms with Crippen LogP contribution in [0.4, 0.5) is 24.5 Å². The molecule has 0 spiro atoms. The van der Waals surface area contributed by atoms with Crippen LogP contribution in [0.15, 0.2) is 48.8 Å². The predicted molar refractivity (Wildman–Crippen MR) is 143 cm³/mol. The summed E-state index contributed by atoms with van der Waals surface area (Å²) in [5.41, 5.74) is 8.97. The molecule has 12 heteroatoms. The Bertz CT molecular complexity index is 1320. The summed E-state index contributed by atoms with van der Waals surface area (Å²) in [6, 6.07) is 8.58. The minimum Gasteiger partial charge on any atom is -0.397 e. The van der Waals surface area contributed by atoms with Gasteiger partial charge in [0.15, 0.2) is 0 Å². The molecule has 0 unspecified atom stereocenters. The zero-order valence-electron chi connectivity index (χ0n) is 21.8. The van der Waals surface area contributed by atoms with Crippen molar-refractivity contribution in [3.63, 3.8) is 0 Å². The molecule has 9 nitrogen and oxygen atoms in total. The van der Waals surface area contributed by atoms with E-state index in [-0.39, 0.29) is 23.4 Å². The third-order valence-corrected chi connectivity index (χ3v) is 6.11. The number of hydrogen-bond donors (Lipinski definition) is 5. The average molecular weight is 531 g/mol. The highest BCUT2D eigenvalue weighted by Crippen LogP contribution is 2.34. The van der Waals surface area contributed by atoms with Gasteiger partial charge in [0.2, 0.25) is 0 Å². The van der Waals surface area contributed by atoms with Crippen LogP contribution in [0, 0.1) is 13.8 Å². The van der Waals surface area contributed by atoms with E-state index in [1.807, 2.05) is 13.8 Å². The summed E-state index contributed by atoms with van der Waals surface area (Å²) in [6.45, 7) is 4.88. The summed E-state index contributed by atoms with van der Waals surface area (Å²) in [6.07, 6.45) is -1.42. The Hall–Kier alpha value is -3.87. The van der Waals surface area contributed by atoms with Crippen LogP contribution in [0.1, 0.15) is 38.3 Å². The standard InChI is InChI=1S/C26H33F3N8O/c1-16-5-6-18(11-24(16)37(31)15-23(30)21-14-34-36(4)17(21)2)25(38)35-20-8-7-19(13-33-10-9-32-3)22(12-20)26(27,28)29/h5-8,11-12,14-15,32-33H,9-10,13,30-31H2,1-4H3,(H,35,38)/b23-15-. The predicted octanol–water partition coefficient (Wildman–Crippen LogP) is 3.25. The molecule has 0 bridgehead atoms. The zero-order chi connectivity index (χ0) is 28.0. The van der Waals surface area contributed by atoms with Crippen LogP contribution >= 0.6 is 0 Å². The quantitative estimate of drug-likeness (QED) is 0.155. The van der Waals surface area contributed by atoms with Crippen LogP contribution in [-0.4, -0.2) is 35.8 Å². The van der Waals surface area contributed by atoms with Crippen molar-refractivity contribution < 1.29 is 18.0 Å². The number of aromatic nitrogens is 2. The molecule has 0 fully saturated rings. The first-order valence-corrected chi connectivity index (χ1v) is 11.9. The lowest BCUT2D eigenvalue weighted by atomic mass is 10.0. The largest absolute Gasteiger partial charge is 0.416 e. The van der Waals surface area contributed by atoms with Gasteiger partial charge in [0.1, 0.15) is 0 Å². The highest BCUT2D eigenvalue weighted by molar-refractivity contribution is 6.05. The van der Waals surface area contributed by atoms with Gasteiger partial charge in [-0.25, -0.2) is 5.84 Å². The van der Waals surface area contributed by atoms with Crippen molar-refractivity contribution >= 4 is 23.0 Å². The van der Waals surface area contributed by atoms with Gasteiger partial charge in [0, 0.05) is 55.4 Å². The monoisotopic (exact) mass is 530 g/mol. The molecule has 1 aromatic heterocycles. The van der Waals surface area contributed by atoms with Gasteiger partial charge in [-0.3, -0.25) is 14.5 Å². The van der Waals surface area contributed by atoms with Gasteiger partial charge in [-0.15, -0.1) is 0 Å². The van der Waals surface area contributed by atoms with Crippen molar-refractivity contribution in [3.05, 3.63) is 82.3 Å². The number of alkyl halides is 3. The fourth-order valence-electron chi connectivity index (χ4n) is 3.81. The molecular formula is C26H33F3N8O. The maximum atomic E-state index is 13.7. The highest BCUT2D eigenvalue weighted by Gasteiger charge is 2.33. The molecule has 38 heavy (non-hydrogen) atoms. The van der Waals surface area contributed by atoms with E-state index >= 15 is 0 Å². The number of anilines is 2. The third kappa shape index (κ3) is 6.91. The van der Waals surface area contributed by atoms with Crippen LogP contribution in [0.2, 0.25) is 0 Å². The summed E-state index contributed by atoms with van der Waals surface area (Å²) >= 11 is 0. The number of hydrazine groups is 1. The molecule has 2 aromatic carbocycles. The molecule has 7 N–H and O–H groups in total. The maximum absolute atomic E-state index is 13.7. The van der Waals surface area contributed by atoms with E-state index in [9.17, 15) is 18.0 Å². The molecular weight excluding hydrogens is 497 g/mol. The molecule has 0 saturated heterocycles.